The van der Waals surface area contributed by atoms with Gasteiger partial charge >= 0.3 is 0 Å². The number of hydrogen-bond acceptors (Lipinski definition) is 3. The summed E-state index contributed by atoms with van der Waals surface area (Å²) in [4.78, 5) is 17.7. The second kappa shape index (κ2) is 7.64. The van der Waals surface area contributed by atoms with E-state index in [1.54, 1.807) is 26.1 Å². The average molecular weight is 296 g/mol. The first kappa shape index (κ1) is 16.1. The Hall–Kier alpha value is -1.30. The van der Waals surface area contributed by atoms with Crippen LogP contribution < -0.4 is 10.6 Å². The molecule has 2 rings (SSSR count). The van der Waals surface area contributed by atoms with E-state index in [-0.39, 0.29) is 12.5 Å². The van der Waals surface area contributed by atoms with E-state index < -0.39 is 0 Å². The molecule has 0 aromatic rings. The Bertz CT molecular complexity index is 384. The number of methoxy groups -OCH3 is 1. The van der Waals surface area contributed by atoms with Gasteiger partial charge in [-0.2, -0.15) is 0 Å². The van der Waals surface area contributed by atoms with Gasteiger partial charge < -0.3 is 20.3 Å². The maximum Gasteiger partial charge on any atom is 0.243 e. The zero-order chi connectivity index (χ0) is 15.2. The number of hydrogen-bond donors (Lipinski definition) is 2. The molecule has 120 valence electrons. The minimum Gasteiger partial charge on any atom is -0.383 e. The van der Waals surface area contributed by atoms with Crippen LogP contribution in [0.25, 0.3) is 0 Å². The Morgan fingerprint density at radius 2 is 2.14 bits per heavy atom. The number of nitrogens with zero attached hydrogens (tertiary/aromatic N) is 2. The Morgan fingerprint density at radius 3 is 2.71 bits per heavy atom. The largest absolute Gasteiger partial charge is 0.383 e. The minimum atomic E-state index is 0.00999. The van der Waals surface area contributed by atoms with E-state index >= 15 is 0 Å². The molecule has 0 aromatic carbocycles. The summed E-state index contributed by atoms with van der Waals surface area (Å²) in [6.45, 7) is 1.49. The second-order valence-corrected chi connectivity index (χ2v) is 6.30. The number of guanidine groups is 1. The van der Waals surface area contributed by atoms with Crippen LogP contribution in [0.2, 0.25) is 0 Å². The van der Waals surface area contributed by atoms with Crippen LogP contribution in [0.1, 0.15) is 25.7 Å². The molecule has 0 heterocycles. The van der Waals surface area contributed by atoms with Crippen LogP contribution in [0.5, 0.6) is 0 Å². The zero-order valence-electron chi connectivity index (χ0n) is 13.4. The molecule has 2 aliphatic rings. The highest BCUT2D eigenvalue weighted by atomic mass is 16.5. The Kier molecular flexibility index (Phi) is 5.85. The summed E-state index contributed by atoms with van der Waals surface area (Å²) < 4.78 is 5.05. The van der Waals surface area contributed by atoms with Crippen molar-refractivity contribution < 1.29 is 9.53 Å². The molecule has 2 fully saturated rings. The molecule has 0 saturated heterocycles. The molecule has 0 aliphatic heterocycles. The van der Waals surface area contributed by atoms with Crippen LogP contribution in [-0.2, 0) is 9.53 Å². The van der Waals surface area contributed by atoms with Crippen LogP contribution in [0.4, 0.5) is 0 Å². The Balaban J connectivity index is 1.88. The predicted molar refractivity (Wildman–Crippen MR) is 83.2 cm³/mol. The van der Waals surface area contributed by atoms with E-state index in [0.717, 1.165) is 17.8 Å². The second-order valence-electron chi connectivity index (χ2n) is 6.30. The summed E-state index contributed by atoms with van der Waals surface area (Å²) in [6, 6.07) is 0.506. The molecule has 1 amide bonds. The van der Waals surface area contributed by atoms with Crippen molar-refractivity contribution >= 4 is 11.9 Å². The molecule has 0 radical (unpaired) electrons. The molecule has 2 saturated carbocycles. The van der Waals surface area contributed by atoms with E-state index in [2.05, 4.69) is 15.6 Å². The van der Waals surface area contributed by atoms with Gasteiger partial charge in [0.25, 0.3) is 0 Å². The highest BCUT2D eigenvalue weighted by molar-refractivity contribution is 5.85. The van der Waals surface area contributed by atoms with Gasteiger partial charge in [-0.05, 0) is 31.1 Å². The van der Waals surface area contributed by atoms with Crippen molar-refractivity contribution in [1.82, 2.24) is 15.5 Å². The molecule has 3 unspecified atom stereocenters. The number of likely N-dealkylation sites (N-methyl/N-ethyl adjacent to an activating group) is 1. The van der Waals surface area contributed by atoms with Crippen molar-refractivity contribution in [2.75, 3.05) is 40.9 Å². The maximum absolute atomic E-state index is 11.7. The lowest BCUT2D eigenvalue weighted by Crippen LogP contribution is -2.46. The lowest BCUT2D eigenvalue weighted by atomic mass is 9.95. The highest BCUT2D eigenvalue weighted by Gasteiger charge is 2.39. The molecule has 2 N–H and O–H groups in total. The summed E-state index contributed by atoms with van der Waals surface area (Å²) in [6.07, 6.45) is 5.28. The number of fused-ring (bicyclic) bond motifs is 2. The van der Waals surface area contributed by atoms with Gasteiger partial charge in [0.05, 0.1) is 6.61 Å². The number of carbonyl (C=O) groups excluding carboxylic acids is 1. The van der Waals surface area contributed by atoms with Crippen LogP contribution in [-0.4, -0.2) is 63.7 Å². The number of carbonyl (C=O) groups is 1. The van der Waals surface area contributed by atoms with Crippen LogP contribution in [0, 0.1) is 11.8 Å². The third-order valence-electron chi connectivity index (χ3n) is 4.53. The smallest absolute Gasteiger partial charge is 0.243 e. The van der Waals surface area contributed by atoms with Crippen molar-refractivity contribution in [3.8, 4) is 0 Å². The van der Waals surface area contributed by atoms with E-state index in [9.17, 15) is 4.79 Å². The monoisotopic (exact) mass is 296 g/mol. The summed E-state index contributed by atoms with van der Waals surface area (Å²) >= 11 is 0. The van der Waals surface area contributed by atoms with Gasteiger partial charge in [0, 0.05) is 33.8 Å². The molecule has 2 aliphatic carbocycles. The van der Waals surface area contributed by atoms with Crippen LogP contribution in [0.3, 0.4) is 0 Å². The highest BCUT2D eigenvalue weighted by Crippen LogP contribution is 2.44. The molecular formula is C15H28N4O2. The van der Waals surface area contributed by atoms with Crippen molar-refractivity contribution in [1.29, 1.82) is 0 Å². The van der Waals surface area contributed by atoms with Gasteiger partial charge in [-0.3, -0.25) is 4.79 Å². The zero-order valence-corrected chi connectivity index (χ0v) is 13.4. The minimum absolute atomic E-state index is 0.00999. The first-order valence-electron chi connectivity index (χ1n) is 7.84. The summed E-state index contributed by atoms with van der Waals surface area (Å²) in [5.74, 6) is 2.40. The number of nitrogens with one attached hydrogen (secondary N) is 2. The first-order valence-corrected chi connectivity index (χ1v) is 7.84. The molecular weight excluding hydrogens is 268 g/mol. The van der Waals surface area contributed by atoms with E-state index in [1.165, 1.54) is 25.7 Å². The molecule has 3 atom stereocenters. The lowest BCUT2D eigenvalue weighted by molar-refractivity contribution is -0.127. The SMILES string of the molecule is COCCNC(=NCC(=O)N(C)C)NC1CC2CCC1C2. The van der Waals surface area contributed by atoms with Gasteiger partial charge in [-0.1, -0.05) is 6.42 Å². The fraction of sp³-hybridized carbons (Fsp3) is 0.867. The van der Waals surface area contributed by atoms with Crippen molar-refractivity contribution in [3.05, 3.63) is 0 Å². The molecule has 6 nitrogen and oxygen atoms in total. The fourth-order valence-electron chi connectivity index (χ4n) is 3.31. The van der Waals surface area contributed by atoms with Crippen molar-refractivity contribution in [3.63, 3.8) is 0 Å². The summed E-state index contributed by atoms with van der Waals surface area (Å²) in [7, 11) is 5.18. The molecule has 2 bridgehead atoms. The van der Waals surface area contributed by atoms with Crippen LogP contribution in [0.15, 0.2) is 4.99 Å². The normalized spacial score (nSPS) is 27.8. The van der Waals surface area contributed by atoms with E-state index in [1.807, 2.05) is 0 Å². The average Bonchev–Trinajstić information content (AvgIpc) is 3.06. The number of rotatable bonds is 6. The van der Waals surface area contributed by atoms with Gasteiger partial charge in [-0.15, -0.1) is 0 Å². The predicted octanol–water partition coefficient (Wildman–Crippen LogP) is 0.445. The number of aliphatic imine (C=N–C) groups is 1. The lowest BCUT2D eigenvalue weighted by Gasteiger charge is -2.25. The summed E-state index contributed by atoms with van der Waals surface area (Å²) in [5.41, 5.74) is 0. The van der Waals surface area contributed by atoms with Crippen LogP contribution >= 0.6 is 0 Å². The van der Waals surface area contributed by atoms with E-state index in [4.69, 9.17) is 4.74 Å². The quantitative estimate of drug-likeness (QED) is 0.424. The topological polar surface area (TPSA) is 66.0 Å². The molecule has 21 heavy (non-hydrogen) atoms. The van der Waals surface area contributed by atoms with Gasteiger partial charge in [-0.25, -0.2) is 4.99 Å². The Labute approximate surface area is 127 Å². The van der Waals surface area contributed by atoms with Crippen molar-refractivity contribution in [2.24, 2.45) is 16.8 Å². The number of ether oxygens (including phenoxy) is 1. The van der Waals surface area contributed by atoms with Crippen molar-refractivity contribution in [2.45, 2.75) is 31.7 Å². The first-order chi connectivity index (χ1) is 10.1. The van der Waals surface area contributed by atoms with Gasteiger partial charge in [0.1, 0.15) is 6.54 Å². The molecule has 0 aromatic heterocycles. The maximum atomic E-state index is 11.7. The van der Waals surface area contributed by atoms with Gasteiger partial charge in [0.15, 0.2) is 5.96 Å². The Morgan fingerprint density at radius 1 is 1.33 bits per heavy atom. The van der Waals surface area contributed by atoms with Gasteiger partial charge in [0.2, 0.25) is 5.91 Å². The molecule has 0 spiro atoms. The standard InChI is InChI=1S/C15H28N4O2/c1-19(2)14(20)10-17-15(16-6-7-21-3)18-13-9-11-4-5-12(13)8-11/h11-13H,4-10H2,1-3H3,(H2,16,17,18). The molecule has 6 heteroatoms. The third-order valence-corrected chi connectivity index (χ3v) is 4.53. The third kappa shape index (κ3) is 4.59. The number of amides is 1. The fourth-order valence-corrected chi connectivity index (χ4v) is 3.31. The summed E-state index contributed by atoms with van der Waals surface area (Å²) in [5, 5.41) is 6.76. The van der Waals surface area contributed by atoms with E-state index in [0.29, 0.717) is 19.2 Å².